The van der Waals surface area contributed by atoms with Crippen molar-refractivity contribution in [3.05, 3.63) is 35.4 Å². The van der Waals surface area contributed by atoms with E-state index in [2.05, 4.69) is 5.32 Å². The van der Waals surface area contributed by atoms with Gasteiger partial charge >= 0.3 is 0 Å². The summed E-state index contributed by atoms with van der Waals surface area (Å²) in [4.78, 5) is 40.6. The number of rotatable bonds is 6. The van der Waals surface area contributed by atoms with E-state index < -0.39 is 6.04 Å². The molecule has 0 saturated heterocycles. The lowest BCUT2D eigenvalue weighted by Crippen LogP contribution is -2.59. The van der Waals surface area contributed by atoms with Gasteiger partial charge in [-0.2, -0.15) is 11.8 Å². The summed E-state index contributed by atoms with van der Waals surface area (Å²) in [6.45, 7) is 0. The van der Waals surface area contributed by atoms with E-state index in [4.69, 9.17) is 0 Å². The van der Waals surface area contributed by atoms with Crippen LogP contribution in [0.1, 0.15) is 59.2 Å². The van der Waals surface area contributed by atoms with Gasteiger partial charge in [-0.25, -0.2) is 0 Å². The molecule has 1 atom stereocenters. The summed E-state index contributed by atoms with van der Waals surface area (Å²) in [5, 5.41) is 3.32. The molecule has 0 aromatic heterocycles. The highest BCUT2D eigenvalue weighted by molar-refractivity contribution is 7.98. The standard InChI is InChI=1S/C23H28N2O3S/c1-29-7-6-19(25-22(27)17-4-2-3-5-18(17)23(25)28)21(26)24-20-15-9-13-8-14(11-15)12-16(20)10-13/h2-5,13-16,19-20H,6-12H2,1H3,(H,24,26)/t13?,14?,15?,16?,19-,20?/m1/s1. The molecule has 6 heteroatoms. The zero-order valence-electron chi connectivity index (χ0n) is 16.8. The number of hydrogen-bond acceptors (Lipinski definition) is 4. The van der Waals surface area contributed by atoms with E-state index in [1.807, 2.05) is 6.26 Å². The van der Waals surface area contributed by atoms with Crippen molar-refractivity contribution in [2.24, 2.45) is 23.7 Å². The van der Waals surface area contributed by atoms with Crippen LogP contribution >= 0.6 is 11.8 Å². The van der Waals surface area contributed by atoms with E-state index in [-0.39, 0.29) is 23.8 Å². The molecule has 4 aliphatic carbocycles. The van der Waals surface area contributed by atoms with Crippen LogP contribution in [0.2, 0.25) is 0 Å². The number of nitrogens with one attached hydrogen (secondary N) is 1. The summed E-state index contributed by atoms with van der Waals surface area (Å²) in [7, 11) is 0. The van der Waals surface area contributed by atoms with Crippen LogP contribution in [-0.2, 0) is 4.79 Å². The maximum Gasteiger partial charge on any atom is 0.262 e. The van der Waals surface area contributed by atoms with Crippen molar-refractivity contribution < 1.29 is 14.4 Å². The number of carbonyl (C=O) groups is 3. The third kappa shape index (κ3) is 3.20. The lowest BCUT2D eigenvalue weighted by Gasteiger charge is -2.54. The van der Waals surface area contributed by atoms with Crippen LogP contribution in [0.5, 0.6) is 0 Å². The van der Waals surface area contributed by atoms with Gasteiger partial charge in [0.2, 0.25) is 5.91 Å². The maximum absolute atomic E-state index is 13.4. The molecule has 0 radical (unpaired) electrons. The van der Waals surface area contributed by atoms with Crippen LogP contribution in [-0.4, -0.2) is 46.7 Å². The molecular weight excluding hydrogens is 384 g/mol. The number of fused-ring (bicyclic) bond motifs is 1. The normalized spacial score (nSPS) is 33.1. The number of carbonyl (C=O) groups excluding carboxylic acids is 3. The van der Waals surface area contributed by atoms with Gasteiger partial charge in [-0.05, 0) is 86.3 Å². The zero-order valence-corrected chi connectivity index (χ0v) is 17.6. The molecule has 4 bridgehead atoms. The molecule has 1 aromatic carbocycles. The molecule has 1 aliphatic heterocycles. The number of thioether (sulfide) groups is 1. The first-order valence-electron chi connectivity index (χ1n) is 10.8. The summed E-state index contributed by atoms with van der Waals surface area (Å²) in [5.74, 6) is 2.73. The Hall–Kier alpha value is -1.82. The Balaban J connectivity index is 1.37. The zero-order chi connectivity index (χ0) is 20.1. The van der Waals surface area contributed by atoms with Crippen molar-refractivity contribution >= 4 is 29.5 Å². The number of amides is 3. The average molecular weight is 413 g/mol. The van der Waals surface area contributed by atoms with Crippen LogP contribution in [0.4, 0.5) is 0 Å². The first-order chi connectivity index (χ1) is 14.1. The van der Waals surface area contributed by atoms with E-state index in [0.717, 1.165) is 17.6 Å². The van der Waals surface area contributed by atoms with Gasteiger partial charge in [-0.3, -0.25) is 19.3 Å². The Morgan fingerprint density at radius 3 is 2.10 bits per heavy atom. The molecule has 5 aliphatic rings. The van der Waals surface area contributed by atoms with Crippen molar-refractivity contribution in [2.75, 3.05) is 12.0 Å². The summed E-state index contributed by atoms with van der Waals surface area (Å²) < 4.78 is 0. The lowest BCUT2D eigenvalue weighted by molar-refractivity contribution is -0.129. The van der Waals surface area contributed by atoms with Crippen LogP contribution in [0.25, 0.3) is 0 Å². The second-order valence-corrected chi connectivity index (χ2v) is 10.3. The maximum atomic E-state index is 13.4. The number of benzene rings is 1. The number of nitrogens with zero attached hydrogens (tertiary/aromatic N) is 1. The van der Waals surface area contributed by atoms with Crippen LogP contribution < -0.4 is 5.32 Å². The average Bonchev–Trinajstić information content (AvgIpc) is 2.96. The molecule has 154 valence electrons. The van der Waals surface area contributed by atoms with Crippen molar-refractivity contribution in [3.8, 4) is 0 Å². The Morgan fingerprint density at radius 1 is 1.03 bits per heavy atom. The SMILES string of the molecule is CSCC[C@H](C(=O)NC1C2CC3CC(C2)CC1C3)N1C(=O)c2ccccc2C1=O. The summed E-state index contributed by atoms with van der Waals surface area (Å²) >= 11 is 1.63. The van der Waals surface area contributed by atoms with Crippen molar-refractivity contribution in [2.45, 2.75) is 50.6 Å². The molecule has 0 unspecified atom stereocenters. The minimum atomic E-state index is -0.730. The van der Waals surface area contributed by atoms with Crippen molar-refractivity contribution in [1.82, 2.24) is 10.2 Å². The second kappa shape index (κ2) is 7.46. The third-order valence-corrected chi connectivity index (χ3v) is 8.21. The Morgan fingerprint density at radius 2 is 1.59 bits per heavy atom. The summed E-state index contributed by atoms with van der Waals surface area (Å²) in [6, 6.07) is 6.36. The van der Waals surface area contributed by atoms with Crippen molar-refractivity contribution in [1.29, 1.82) is 0 Å². The van der Waals surface area contributed by atoms with Gasteiger partial charge in [0, 0.05) is 6.04 Å². The smallest absolute Gasteiger partial charge is 0.262 e. The highest BCUT2D eigenvalue weighted by Crippen LogP contribution is 2.53. The molecule has 6 rings (SSSR count). The number of hydrogen-bond donors (Lipinski definition) is 1. The van der Waals surface area contributed by atoms with Gasteiger partial charge in [0.05, 0.1) is 11.1 Å². The van der Waals surface area contributed by atoms with Gasteiger partial charge in [0.15, 0.2) is 0 Å². The molecule has 3 amide bonds. The quantitative estimate of drug-likeness (QED) is 0.728. The third-order valence-electron chi connectivity index (χ3n) is 7.57. The Kier molecular flexibility index (Phi) is 4.93. The molecule has 4 fully saturated rings. The van der Waals surface area contributed by atoms with E-state index >= 15 is 0 Å². The van der Waals surface area contributed by atoms with Crippen LogP contribution in [0.3, 0.4) is 0 Å². The van der Waals surface area contributed by atoms with Gasteiger partial charge in [-0.1, -0.05) is 12.1 Å². The summed E-state index contributed by atoms with van der Waals surface area (Å²) in [5.41, 5.74) is 0.822. The van der Waals surface area contributed by atoms with Gasteiger partial charge in [0.1, 0.15) is 6.04 Å². The highest BCUT2D eigenvalue weighted by Gasteiger charge is 2.50. The molecule has 4 saturated carbocycles. The fourth-order valence-electron chi connectivity index (χ4n) is 6.52. The molecule has 1 N–H and O–H groups in total. The topological polar surface area (TPSA) is 66.5 Å². The molecule has 5 nitrogen and oxygen atoms in total. The Labute approximate surface area is 176 Å². The predicted molar refractivity (Wildman–Crippen MR) is 113 cm³/mol. The van der Waals surface area contributed by atoms with E-state index in [0.29, 0.717) is 29.4 Å². The highest BCUT2D eigenvalue weighted by atomic mass is 32.2. The van der Waals surface area contributed by atoms with E-state index in [1.165, 1.54) is 37.0 Å². The van der Waals surface area contributed by atoms with Gasteiger partial charge in [0.25, 0.3) is 11.8 Å². The second-order valence-electron chi connectivity index (χ2n) is 9.29. The van der Waals surface area contributed by atoms with Gasteiger partial charge in [-0.15, -0.1) is 0 Å². The summed E-state index contributed by atoms with van der Waals surface area (Å²) in [6.07, 6.45) is 8.74. The first kappa shape index (κ1) is 19.2. The Bertz CT molecular complexity index is 791. The fourth-order valence-corrected chi connectivity index (χ4v) is 6.98. The van der Waals surface area contributed by atoms with E-state index in [9.17, 15) is 14.4 Å². The predicted octanol–water partition coefficient (Wildman–Crippen LogP) is 3.35. The first-order valence-corrected chi connectivity index (χ1v) is 12.2. The largest absolute Gasteiger partial charge is 0.351 e. The monoisotopic (exact) mass is 412 g/mol. The minimum absolute atomic E-state index is 0.147. The number of imide groups is 1. The molecule has 1 aromatic rings. The fraction of sp³-hybridized carbons (Fsp3) is 0.609. The lowest BCUT2D eigenvalue weighted by atomic mass is 9.54. The van der Waals surface area contributed by atoms with Crippen molar-refractivity contribution in [3.63, 3.8) is 0 Å². The molecular formula is C23H28N2O3S. The molecule has 1 heterocycles. The van der Waals surface area contributed by atoms with Gasteiger partial charge < -0.3 is 5.32 Å². The minimum Gasteiger partial charge on any atom is -0.351 e. The van der Waals surface area contributed by atoms with Crippen LogP contribution in [0, 0.1) is 23.7 Å². The molecule has 0 spiro atoms. The van der Waals surface area contributed by atoms with E-state index in [1.54, 1.807) is 36.0 Å². The van der Waals surface area contributed by atoms with Crippen LogP contribution in [0.15, 0.2) is 24.3 Å². The molecule has 29 heavy (non-hydrogen) atoms.